The van der Waals surface area contributed by atoms with Crippen molar-refractivity contribution in [2.24, 2.45) is 0 Å². The first-order chi connectivity index (χ1) is 31.7. The number of rotatable bonds is 8. The minimum atomic E-state index is 0.895. The van der Waals surface area contributed by atoms with E-state index in [9.17, 15) is 0 Å². The van der Waals surface area contributed by atoms with Crippen LogP contribution in [0.25, 0.3) is 99.1 Å². The van der Waals surface area contributed by atoms with Gasteiger partial charge in [-0.2, -0.15) is 0 Å². The lowest BCUT2D eigenvalue weighted by molar-refractivity contribution is 0.670. The highest BCUT2D eigenvalue weighted by atomic mass is 16.3. The molecule has 0 radical (unpaired) electrons. The summed E-state index contributed by atoms with van der Waals surface area (Å²) in [5.41, 5.74) is 16.7. The van der Waals surface area contributed by atoms with Crippen molar-refractivity contribution in [3.05, 3.63) is 249 Å². The Hall–Kier alpha value is -8.46. The molecule has 11 aromatic carbocycles. The zero-order valence-electron chi connectivity index (χ0n) is 35.0. The van der Waals surface area contributed by atoms with Crippen molar-refractivity contribution in [3.8, 4) is 55.6 Å². The number of benzene rings is 11. The molecule has 0 spiro atoms. The Labute approximate surface area is 372 Å². The van der Waals surface area contributed by atoms with Gasteiger partial charge in [0, 0.05) is 33.4 Å². The zero-order valence-corrected chi connectivity index (χ0v) is 35.0. The quantitative estimate of drug-likeness (QED) is 0.142. The second kappa shape index (κ2) is 15.8. The highest BCUT2D eigenvalue weighted by molar-refractivity contribution is 6.22. The molecule has 2 heteroatoms. The number of hydrogen-bond acceptors (Lipinski definition) is 2. The summed E-state index contributed by atoms with van der Waals surface area (Å²) in [7, 11) is 0. The molecule has 0 atom stereocenters. The fourth-order valence-electron chi connectivity index (χ4n) is 9.67. The van der Waals surface area contributed by atoms with Crippen LogP contribution >= 0.6 is 0 Å². The van der Waals surface area contributed by atoms with Gasteiger partial charge in [-0.25, -0.2) is 0 Å². The number of anilines is 3. The first kappa shape index (κ1) is 37.3. The summed E-state index contributed by atoms with van der Waals surface area (Å²) < 4.78 is 6.54. The lowest BCUT2D eigenvalue weighted by atomic mass is 9.84. The Morgan fingerprint density at radius 1 is 0.250 bits per heavy atom. The molecule has 0 aliphatic rings. The van der Waals surface area contributed by atoms with Gasteiger partial charge in [0.1, 0.15) is 11.2 Å². The van der Waals surface area contributed by atoms with Crippen LogP contribution in [0.4, 0.5) is 17.1 Å². The van der Waals surface area contributed by atoms with Crippen LogP contribution in [0.15, 0.2) is 253 Å². The molecule has 12 aromatic rings. The highest BCUT2D eigenvalue weighted by Crippen LogP contribution is 2.46. The molecule has 0 N–H and O–H groups in total. The highest BCUT2D eigenvalue weighted by Gasteiger charge is 2.20. The normalized spacial score (nSPS) is 11.4. The van der Waals surface area contributed by atoms with Crippen LogP contribution in [0.5, 0.6) is 0 Å². The van der Waals surface area contributed by atoms with Gasteiger partial charge in [-0.15, -0.1) is 0 Å². The van der Waals surface area contributed by atoms with Crippen molar-refractivity contribution in [1.82, 2.24) is 0 Å². The summed E-state index contributed by atoms with van der Waals surface area (Å²) in [4.78, 5) is 2.37. The van der Waals surface area contributed by atoms with E-state index in [4.69, 9.17) is 4.42 Å². The van der Waals surface area contributed by atoms with E-state index in [0.717, 1.165) is 61.3 Å². The van der Waals surface area contributed by atoms with Crippen molar-refractivity contribution in [3.63, 3.8) is 0 Å². The van der Waals surface area contributed by atoms with Gasteiger partial charge in [-0.3, -0.25) is 0 Å². The molecule has 300 valence electrons. The minimum Gasteiger partial charge on any atom is -0.455 e. The number of hydrogen-bond donors (Lipinski definition) is 0. The van der Waals surface area contributed by atoms with E-state index in [1.165, 1.54) is 54.9 Å². The first-order valence-electron chi connectivity index (χ1n) is 21.9. The van der Waals surface area contributed by atoms with Crippen LogP contribution < -0.4 is 4.90 Å². The van der Waals surface area contributed by atoms with Gasteiger partial charge in [-0.1, -0.05) is 200 Å². The van der Waals surface area contributed by atoms with E-state index in [2.05, 4.69) is 241 Å². The Bertz CT molecular complexity index is 3650. The van der Waals surface area contributed by atoms with Crippen molar-refractivity contribution >= 4 is 60.5 Å². The second-order valence-corrected chi connectivity index (χ2v) is 16.4. The third kappa shape index (κ3) is 6.52. The monoisotopic (exact) mass is 815 g/mol. The van der Waals surface area contributed by atoms with Gasteiger partial charge in [0.25, 0.3) is 0 Å². The maximum absolute atomic E-state index is 6.54. The third-order valence-corrected chi connectivity index (χ3v) is 12.6. The Kier molecular flexibility index (Phi) is 9.20. The summed E-state index contributed by atoms with van der Waals surface area (Å²) in [6.45, 7) is 0. The van der Waals surface area contributed by atoms with Crippen molar-refractivity contribution in [2.45, 2.75) is 0 Å². The Morgan fingerprint density at radius 3 is 1.42 bits per heavy atom. The molecular formula is C62H41NO. The predicted molar refractivity (Wildman–Crippen MR) is 271 cm³/mol. The molecule has 0 saturated heterocycles. The number of fused-ring (bicyclic) bond motifs is 6. The van der Waals surface area contributed by atoms with E-state index in [1.54, 1.807) is 0 Å². The fraction of sp³-hybridized carbons (Fsp3) is 0. The van der Waals surface area contributed by atoms with E-state index >= 15 is 0 Å². The average Bonchev–Trinajstić information content (AvgIpc) is 3.76. The van der Waals surface area contributed by atoms with E-state index in [1.807, 2.05) is 12.1 Å². The van der Waals surface area contributed by atoms with Crippen LogP contribution in [0.3, 0.4) is 0 Å². The van der Waals surface area contributed by atoms with E-state index in [-0.39, 0.29) is 0 Å². The summed E-state index contributed by atoms with van der Waals surface area (Å²) in [6, 6.07) is 89.7. The summed E-state index contributed by atoms with van der Waals surface area (Å²) in [5, 5.41) is 7.22. The van der Waals surface area contributed by atoms with Crippen LogP contribution in [-0.2, 0) is 0 Å². The van der Waals surface area contributed by atoms with Crippen LogP contribution in [0.1, 0.15) is 0 Å². The Morgan fingerprint density at radius 2 is 0.719 bits per heavy atom. The maximum atomic E-state index is 6.54. The lowest BCUT2D eigenvalue weighted by Gasteiger charge is -2.27. The van der Waals surface area contributed by atoms with Gasteiger partial charge in [0.05, 0.1) is 0 Å². The van der Waals surface area contributed by atoms with Gasteiger partial charge >= 0.3 is 0 Å². The molecule has 1 aromatic heterocycles. The second-order valence-electron chi connectivity index (χ2n) is 16.4. The van der Waals surface area contributed by atoms with Crippen molar-refractivity contribution in [1.29, 1.82) is 0 Å². The molecule has 2 nitrogen and oxygen atoms in total. The first-order valence-corrected chi connectivity index (χ1v) is 21.9. The SMILES string of the molecule is c1ccc(-c2ccc(N(c3cccc(-c4ccc5c(c4)c(-c4ccccc4)c(-c4ccccc4)c4ccccc45)c3)c3cccc(-c4cccc5c4oc4ccccc45)c3)cc2)cc1. The molecule has 12 rings (SSSR count). The van der Waals surface area contributed by atoms with Crippen molar-refractivity contribution < 1.29 is 4.42 Å². The van der Waals surface area contributed by atoms with Gasteiger partial charge in [0.2, 0.25) is 0 Å². The summed E-state index contributed by atoms with van der Waals surface area (Å²) in [6.07, 6.45) is 0. The smallest absolute Gasteiger partial charge is 0.143 e. The molecule has 1 heterocycles. The number of para-hydroxylation sites is 2. The number of nitrogens with zero attached hydrogens (tertiary/aromatic N) is 1. The third-order valence-electron chi connectivity index (χ3n) is 12.6. The average molecular weight is 816 g/mol. The maximum Gasteiger partial charge on any atom is 0.143 e. The van der Waals surface area contributed by atoms with Gasteiger partial charge < -0.3 is 9.32 Å². The Balaban J connectivity index is 1.03. The van der Waals surface area contributed by atoms with E-state index < -0.39 is 0 Å². The van der Waals surface area contributed by atoms with Crippen molar-refractivity contribution in [2.75, 3.05) is 4.90 Å². The van der Waals surface area contributed by atoms with Crippen LogP contribution in [0.2, 0.25) is 0 Å². The molecule has 0 bridgehead atoms. The van der Waals surface area contributed by atoms with E-state index in [0.29, 0.717) is 0 Å². The fourth-order valence-corrected chi connectivity index (χ4v) is 9.67. The van der Waals surface area contributed by atoms with Gasteiger partial charge in [0.15, 0.2) is 0 Å². The summed E-state index contributed by atoms with van der Waals surface area (Å²) in [5.74, 6) is 0. The predicted octanol–water partition coefficient (Wildman–Crippen LogP) is 17.7. The summed E-state index contributed by atoms with van der Waals surface area (Å²) >= 11 is 0. The molecule has 0 fully saturated rings. The van der Waals surface area contributed by atoms with Crippen LogP contribution in [-0.4, -0.2) is 0 Å². The van der Waals surface area contributed by atoms with Crippen LogP contribution in [0, 0.1) is 0 Å². The molecule has 0 unspecified atom stereocenters. The minimum absolute atomic E-state index is 0.895. The van der Waals surface area contributed by atoms with Gasteiger partial charge in [-0.05, 0) is 120 Å². The lowest BCUT2D eigenvalue weighted by Crippen LogP contribution is -2.10. The zero-order chi connectivity index (χ0) is 42.4. The molecular weight excluding hydrogens is 775 g/mol. The molecule has 64 heavy (non-hydrogen) atoms. The standard InChI is InChI=1S/C62H41NO/c1-4-17-42(18-5-1)43-33-36-49(37-34-43)63(51-26-15-24-48(40-51)52-30-16-31-57-55-28-12-13-32-59(55)64-62(52)57)50-25-14-23-46(39-50)47-35-38-54-53-27-10-11-29-56(53)60(44-19-6-2-7-20-44)61(58(54)41-47)45-21-8-3-9-22-45/h1-41H. The number of furan rings is 1. The topological polar surface area (TPSA) is 16.4 Å². The molecule has 0 aliphatic carbocycles. The molecule has 0 saturated carbocycles. The molecule has 0 amide bonds. The largest absolute Gasteiger partial charge is 0.455 e. The molecule has 0 aliphatic heterocycles.